The molecule has 0 aromatic heterocycles. The van der Waals surface area contributed by atoms with Gasteiger partial charge in [-0.25, -0.2) is 4.79 Å². The Kier molecular flexibility index (Phi) is 4.20. The molecule has 0 spiro atoms. The van der Waals surface area contributed by atoms with Gasteiger partial charge in [-0.1, -0.05) is 6.92 Å². The molecule has 1 saturated carbocycles. The number of nitrogens with one attached hydrogen (secondary N) is 1. The number of hydrogen-bond acceptors (Lipinski definition) is 2. The second kappa shape index (κ2) is 5.20. The fourth-order valence-corrected chi connectivity index (χ4v) is 1.46. The van der Waals surface area contributed by atoms with Crippen LogP contribution in [-0.4, -0.2) is 37.1 Å². The standard InChI is InChI=1S/C10H21N3O/c1-8(6-11)7-13(2)10(14)12-9-4-3-5-9/h8-9H,3-7,11H2,1-2H3,(H,12,14). The molecule has 0 saturated heterocycles. The van der Waals surface area contributed by atoms with Crippen molar-refractivity contribution in [2.75, 3.05) is 20.1 Å². The van der Waals surface area contributed by atoms with E-state index in [1.807, 2.05) is 14.0 Å². The van der Waals surface area contributed by atoms with E-state index in [1.54, 1.807) is 4.90 Å². The molecule has 0 aromatic carbocycles. The van der Waals surface area contributed by atoms with E-state index < -0.39 is 0 Å². The van der Waals surface area contributed by atoms with E-state index in [4.69, 9.17) is 5.73 Å². The summed E-state index contributed by atoms with van der Waals surface area (Å²) in [7, 11) is 1.82. The van der Waals surface area contributed by atoms with Crippen LogP contribution in [0.5, 0.6) is 0 Å². The molecule has 2 amide bonds. The van der Waals surface area contributed by atoms with Gasteiger partial charge in [0, 0.05) is 19.6 Å². The van der Waals surface area contributed by atoms with Crippen LogP contribution < -0.4 is 11.1 Å². The molecule has 82 valence electrons. The van der Waals surface area contributed by atoms with Crippen molar-refractivity contribution in [3.63, 3.8) is 0 Å². The fourth-order valence-electron chi connectivity index (χ4n) is 1.46. The van der Waals surface area contributed by atoms with Gasteiger partial charge in [0.1, 0.15) is 0 Å². The maximum atomic E-state index is 11.6. The number of urea groups is 1. The lowest BCUT2D eigenvalue weighted by Crippen LogP contribution is -2.47. The quantitative estimate of drug-likeness (QED) is 0.703. The number of hydrogen-bond donors (Lipinski definition) is 2. The third-order valence-electron chi connectivity index (χ3n) is 2.77. The highest BCUT2D eigenvalue weighted by molar-refractivity contribution is 5.74. The second-order valence-electron chi connectivity index (χ2n) is 4.30. The van der Waals surface area contributed by atoms with Crippen molar-refractivity contribution in [2.24, 2.45) is 11.7 Å². The Hall–Kier alpha value is -0.770. The lowest BCUT2D eigenvalue weighted by atomic mass is 9.93. The number of amides is 2. The molecule has 14 heavy (non-hydrogen) atoms. The molecule has 1 atom stereocenters. The Bertz CT molecular complexity index is 192. The van der Waals surface area contributed by atoms with Crippen LogP contribution in [0.2, 0.25) is 0 Å². The Labute approximate surface area is 85.8 Å². The molecule has 0 radical (unpaired) electrons. The molecule has 1 fully saturated rings. The van der Waals surface area contributed by atoms with Crippen molar-refractivity contribution in [2.45, 2.75) is 32.2 Å². The van der Waals surface area contributed by atoms with E-state index in [1.165, 1.54) is 6.42 Å². The lowest BCUT2D eigenvalue weighted by molar-refractivity contribution is 0.191. The van der Waals surface area contributed by atoms with Crippen LogP contribution in [0.3, 0.4) is 0 Å². The summed E-state index contributed by atoms with van der Waals surface area (Å²) in [4.78, 5) is 13.3. The van der Waals surface area contributed by atoms with Gasteiger partial charge in [0.05, 0.1) is 0 Å². The van der Waals surface area contributed by atoms with Crippen molar-refractivity contribution in [1.29, 1.82) is 0 Å². The van der Waals surface area contributed by atoms with Crippen LogP contribution in [0, 0.1) is 5.92 Å². The van der Waals surface area contributed by atoms with Gasteiger partial charge in [-0.15, -0.1) is 0 Å². The smallest absolute Gasteiger partial charge is 0.317 e. The van der Waals surface area contributed by atoms with Gasteiger partial charge in [0.15, 0.2) is 0 Å². The van der Waals surface area contributed by atoms with Crippen LogP contribution >= 0.6 is 0 Å². The van der Waals surface area contributed by atoms with Gasteiger partial charge in [0.25, 0.3) is 0 Å². The third-order valence-corrected chi connectivity index (χ3v) is 2.77. The predicted molar refractivity (Wildman–Crippen MR) is 57.0 cm³/mol. The summed E-state index contributed by atoms with van der Waals surface area (Å²) in [5.41, 5.74) is 5.50. The van der Waals surface area contributed by atoms with Crippen molar-refractivity contribution in [3.8, 4) is 0 Å². The molecule has 0 heterocycles. The molecule has 0 bridgehead atoms. The van der Waals surface area contributed by atoms with Crippen molar-refractivity contribution in [3.05, 3.63) is 0 Å². The predicted octanol–water partition coefficient (Wildman–Crippen LogP) is 0.775. The first-order chi connectivity index (χ1) is 6.63. The van der Waals surface area contributed by atoms with Crippen LogP contribution in [0.4, 0.5) is 4.79 Å². The average molecular weight is 199 g/mol. The maximum Gasteiger partial charge on any atom is 0.317 e. The normalized spacial score (nSPS) is 18.5. The molecule has 3 N–H and O–H groups in total. The molecule has 1 aliphatic carbocycles. The first-order valence-corrected chi connectivity index (χ1v) is 5.35. The third kappa shape index (κ3) is 3.18. The molecular formula is C10H21N3O. The van der Waals surface area contributed by atoms with E-state index in [9.17, 15) is 4.79 Å². The molecule has 1 rings (SSSR count). The van der Waals surface area contributed by atoms with Gasteiger partial charge >= 0.3 is 6.03 Å². The summed E-state index contributed by atoms with van der Waals surface area (Å²) in [6, 6.07) is 0.452. The van der Waals surface area contributed by atoms with Crippen LogP contribution in [0.25, 0.3) is 0 Å². The zero-order chi connectivity index (χ0) is 10.6. The zero-order valence-corrected chi connectivity index (χ0v) is 9.12. The number of carbonyl (C=O) groups excluding carboxylic acids is 1. The molecule has 0 aliphatic heterocycles. The maximum absolute atomic E-state index is 11.6. The summed E-state index contributed by atoms with van der Waals surface area (Å²) in [5.74, 6) is 0.368. The molecular weight excluding hydrogens is 178 g/mol. The number of nitrogens with two attached hydrogens (primary N) is 1. The minimum Gasteiger partial charge on any atom is -0.335 e. The minimum atomic E-state index is 0.0370. The van der Waals surface area contributed by atoms with Gasteiger partial charge in [-0.05, 0) is 31.7 Å². The summed E-state index contributed by atoms with van der Waals surface area (Å²) < 4.78 is 0. The van der Waals surface area contributed by atoms with E-state index in [2.05, 4.69) is 5.32 Å². The number of rotatable bonds is 4. The summed E-state index contributed by atoms with van der Waals surface area (Å²) >= 11 is 0. The van der Waals surface area contributed by atoms with E-state index >= 15 is 0 Å². The second-order valence-corrected chi connectivity index (χ2v) is 4.30. The van der Waals surface area contributed by atoms with Crippen LogP contribution in [0.1, 0.15) is 26.2 Å². The Balaban J connectivity index is 2.21. The molecule has 1 unspecified atom stereocenters. The Morgan fingerprint density at radius 3 is 2.71 bits per heavy atom. The summed E-state index contributed by atoms with van der Waals surface area (Å²) in [6.07, 6.45) is 3.51. The van der Waals surface area contributed by atoms with Gasteiger partial charge < -0.3 is 16.0 Å². The highest BCUT2D eigenvalue weighted by Gasteiger charge is 2.21. The fraction of sp³-hybridized carbons (Fsp3) is 0.900. The van der Waals surface area contributed by atoms with E-state index in [0.717, 1.165) is 19.4 Å². The van der Waals surface area contributed by atoms with E-state index in [-0.39, 0.29) is 6.03 Å². The van der Waals surface area contributed by atoms with Crippen LogP contribution in [-0.2, 0) is 0 Å². The first kappa shape index (κ1) is 11.3. The number of nitrogens with zero attached hydrogens (tertiary/aromatic N) is 1. The lowest BCUT2D eigenvalue weighted by Gasteiger charge is -2.29. The molecule has 4 heteroatoms. The molecule has 4 nitrogen and oxygen atoms in total. The molecule has 1 aliphatic rings. The van der Waals surface area contributed by atoms with Gasteiger partial charge in [0.2, 0.25) is 0 Å². The van der Waals surface area contributed by atoms with Crippen molar-refractivity contribution >= 4 is 6.03 Å². The minimum absolute atomic E-state index is 0.0370. The highest BCUT2D eigenvalue weighted by atomic mass is 16.2. The van der Waals surface area contributed by atoms with Gasteiger partial charge in [-0.3, -0.25) is 0 Å². The average Bonchev–Trinajstić information content (AvgIpc) is 2.10. The summed E-state index contributed by atoms with van der Waals surface area (Å²) in [5, 5.41) is 2.99. The largest absolute Gasteiger partial charge is 0.335 e. The van der Waals surface area contributed by atoms with Crippen LogP contribution in [0.15, 0.2) is 0 Å². The summed E-state index contributed by atoms with van der Waals surface area (Å²) in [6.45, 7) is 3.41. The SMILES string of the molecule is CC(CN)CN(C)C(=O)NC1CCC1. The Morgan fingerprint density at radius 1 is 1.64 bits per heavy atom. The highest BCUT2D eigenvalue weighted by Crippen LogP contribution is 2.18. The van der Waals surface area contributed by atoms with Gasteiger partial charge in [-0.2, -0.15) is 0 Å². The van der Waals surface area contributed by atoms with Crippen molar-refractivity contribution < 1.29 is 4.79 Å². The van der Waals surface area contributed by atoms with E-state index in [0.29, 0.717) is 18.5 Å². The zero-order valence-electron chi connectivity index (χ0n) is 9.12. The first-order valence-electron chi connectivity index (χ1n) is 5.35. The monoisotopic (exact) mass is 199 g/mol. The van der Waals surface area contributed by atoms with Crippen molar-refractivity contribution in [1.82, 2.24) is 10.2 Å². The Morgan fingerprint density at radius 2 is 2.29 bits per heavy atom. The molecule has 0 aromatic rings. The topological polar surface area (TPSA) is 58.4 Å². The number of carbonyl (C=O) groups is 1.